The summed E-state index contributed by atoms with van der Waals surface area (Å²) in [5, 5.41) is 1.33. The molecular weight excluding hydrogens is 288 g/mol. The number of aromatic amines is 1. The van der Waals surface area contributed by atoms with Gasteiger partial charge in [-0.1, -0.05) is 18.2 Å². The van der Waals surface area contributed by atoms with Crippen molar-refractivity contribution in [3.05, 3.63) is 36.0 Å². The van der Waals surface area contributed by atoms with Crippen LogP contribution in [0.25, 0.3) is 10.9 Å². The molecule has 0 atom stereocenters. The number of benzene rings is 1. The molecule has 1 N–H and O–H groups in total. The topological polar surface area (TPSA) is 45.3 Å². The van der Waals surface area contributed by atoms with Crippen LogP contribution in [0.15, 0.2) is 30.5 Å². The quantitative estimate of drug-likeness (QED) is 0.879. The van der Waals surface area contributed by atoms with Crippen molar-refractivity contribution in [2.45, 2.75) is 45.1 Å². The zero-order valence-corrected chi connectivity index (χ0v) is 14.3. The van der Waals surface area contributed by atoms with Gasteiger partial charge in [0, 0.05) is 17.1 Å². The van der Waals surface area contributed by atoms with Gasteiger partial charge >= 0.3 is 5.97 Å². The lowest BCUT2D eigenvalue weighted by Crippen LogP contribution is -2.39. The third kappa shape index (κ3) is 3.94. The van der Waals surface area contributed by atoms with E-state index in [2.05, 4.69) is 40.3 Å². The fraction of sp³-hybridized carbons (Fsp3) is 0.526. The molecule has 124 valence electrons. The molecule has 0 radical (unpaired) electrons. The van der Waals surface area contributed by atoms with Gasteiger partial charge in [-0.05, 0) is 64.3 Å². The number of ether oxygens (including phenoxy) is 1. The number of rotatable bonds is 3. The molecular formula is C19H26N2O2. The summed E-state index contributed by atoms with van der Waals surface area (Å²) in [6, 6.07) is 8.47. The number of H-pyrrole nitrogens is 1. The Morgan fingerprint density at radius 3 is 2.65 bits per heavy atom. The molecule has 1 aromatic heterocycles. The van der Waals surface area contributed by atoms with E-state index in [1.807, 2.05) is 20.8 Å². The maximum Gasteiger partial charge on any atom is 0.320 e. The van der Waals surface area contributed by atoms with E-state index < -0.39 is 5.60 Å². The van der Waals surface area contributed by atoms with E-state index >= 15 is 0 Å². The number of likely N-dealkylation sites (tertiary alicyclic amines) is 1. The molecule has 1 fully saturated rings. The maximum absolute atomic E-state index is 11.9. The van der Waals surface area contributed by atoms with Crippen LogP contribution >= 0.6 is 0 Å². The number of hydrogen-bond acceptors (Lipinski definition) is 3. The minimum atomic E-state index is -0.403. The second kappa shape index (κ2) is 6.36. The highest BCUT2D eigenvalue weighted by Gasteiger charge is 2.25. The number of carbonyl (C=O) groups excluding carboxylic acids is 1. The zero-order valence-electron chi connectivity index (χ0n) is 14.3. The molecule has 4 heteroatoms. The molecule has 2 aromatic rings. The van der Waals surface area contributed by atoms with Gasteiger partial charge in [0.25, 0.3) is 0 Å². The summed E-state index contributed by atoms with van der Waals surface area (Å²) in [5.41, 5.74) is 2.22. The summed E-state index contributed by atoms with van der Waals surface area (Å²) in [4.78, 5) is 17.5. The second-order valence-electron chi connectivity index (χ2n) is 7.43. The number of piperidine rings is 1. The van der Waals surface area contributed by atoms with Crippen LogP contribution in [0.5, 0.6) is 0 Å². The van der Waals surface area contributed by atoms with E-state index in [1.54, 1.807) is 0 Å². The van der Waals surface area contributed by atoms with Gasteiger partial charge in [-0.2, -0.15) is 0 Å². The first kappa shape index (κ1) is 16.1. The minimum absolute atomic E-state index is 0.122. The van der Waals surface area contributed by atoms with E-state index in [0.717, 1.165) is 25.9 Å². The van der Waals surface area contributed by atoms with Crippen molar-refractivity contribution in [1.82, 2.24) is 9.88 Å². The summed E-state index contributed by atoms with van der Waals surface area (Å²) in [5.74, 6) is 0.448. The normalized spacial score (nSPS) is 17.5. The first-order valence-electron chi connectivity index (χ1n) is 8.42. The van der Waals surface area contributed by atoms with Crippen LogP contribution in [-0.2, 0) is 9.53 Å². The van der Waals surface area contributed by atoms with E-state index in [1.165, 1.54) is 16.5 Å². The molecule has 1 aromatic carbocycles. The monoisotopic (exact) mass is 314 g/mol. The van der Waals surface area contributed by atoms with Crippen molar-refractivity contribution in [2.75, 3.05) is 19.6 Å². The highest BCUT2D eigenvalue weighted by atomic mass is 16.6. The predicted octanol–water partition coefficient (Wildman–Crippen LogP) is 3.69. The summed E-state index contributed by atoms with van der Waals surface area (Å²) in [7, 11) is 0. The van der Waals surface area contributed by atoms with E-state index in [-0.39, 0.29) is 5.97 Å². The smallest absolute Gasteiger partial charge is 0.320 e. The summed E-state index contributed by atoms with van der Waals surface area (Å²) < 4.78 is 5.41. The summed E-state index contributed by atoms with van der Waals surface area (Å²) >= 11 is 0. The van der Waals surface area contributed by atoms with E-state index in [9.17, 15) is 4.79 Å². The molecule has 0 unspecified atom stereocenters. The number of fused-ring (bicyclic) bond motifs is 1. The molecule has 23 heavy (non-hydrogen) atoms. The predicted molar refractivity (Wildman–Crippen MR) is 92.6 cm³/mol. The average Bonchev–Trinajstić information content (AvgIpc) is 2.90. The Bertz CT molecular complexity index is 676. The number of nitrogens with one attached hydrogen (secondary N) is 1. The highest BCUT2D eigenvalue weighted by Crippen LogP contribution is 2.33. The van der Waals surface area contributed by atoms with Gasteiger partial charge in [-0.3, -0.25) is 9.69 Å². The van der Waals surface area contributed by atoms with Crippen LogP contribution in [0.3, 0.4) is 0 Å². The lowest BCUT2D eigenvalue weighted by Gasteiger charge is -2.32. The number of hydrogen-bond donors (Lipinski definition) is 1. The van der Waals surface area contributed by atoms with Crippen LogP contribution in [0.1, 0.15) is 45.1 Å². The summed E-state index contributed by atoms with van der Waals surface area (Å²) in [6.07, 6.45) is 4.33. The number of carbonyl (C=O) groups is 1. The molecule has 1 aliphatic heterocycles. The third-order valence-electron chi connectivity index (χ3n) is 4.42. The first-order valence-corrected chi connectivity index (χ1v) is 8.42. The molecule has 3 rings (SSSR count). The Kier molecular flexibility index (Phi) is 4.44. The third-order valence-corrected chi connectivity index (χ3v) is 4.42. The van der Waals surface area contributed by atoms with Crippen LogP contribution in [0.4, 0.5) is 0 Å². The van der Waals surface area contributed by atoms with Crippen molar-refractivity contribution in [1.29, 1.82) is 0 Å². The largest absolute Gasteiger partial charge is 0.459 e. The van der Waals surface area contributed by atoms with Crippen LogP contribution in [-0.4, -0.2) is 41.1 Å². The highest BCUT2D eigenvalue weighted by molar-refractivity contribution is 5.83. The van der Waals surface area contributed by atoms with Crippen molar-refractivity contribution in [3.63, 3.8) is 0 Å². The van der Waals surface area contributed by atoms with E-state index in [0.29, 0.717) is 12.5 Å². The molecule has 0 saturated carbocycles. The molecule has 1 saturated heterocycles. The molecule has 0 bridgehead atoms. The molecule has 2 heterocycles. The van der Waals surface area contributed by atoms with Gasteiger partial charge < -0.3 is 9.72 Å². The minimum Gasteiger partial charge on any atom is -0.459 e. The Morgan fingerprint density at radius 1 is 1.26 bits per heavy atom. The summed E-state index contributed by atoms with van der Waals surface area (Å²) in [6.45, 7) is 8.03. The SMILES string of the molecule is CC(C)(C)OC(=O)CN1CCC(c2c[nH]c3ccccc23)CC1. The van der Waals surface area contributed by atoms with Crippen molar-refractivity contribution in [3.8, 4) is 0 Å². The number of nitrogens with zero attached hydrogens (tertiary/aromatic N) is 1. The van der Waals surface area contributed by atoms with Crippen LogP contribution < -0.4 is 0 Å². The first-order chi connectivity index (χ1) is 10.9. The molecule has 0 aliphatic carbocycles. The lowest BCUT2D eigenvalue weighted by molar-refractivity contribution is -0.156. The second-order valence-corrected chi connectivity index (χ2v) is 7.43. The molecule has 1 aliphatic rings. The lowest BCUT2D eigenvalue weighted by atomic mass is 9.89. The van der Waals surface area contributed by atoms with Gasteiger partial charge in [0.1, 0.15) is 5.60 Å². The van der Waals surface area contributed by atoms with Crippen molar-refractivity contribution >= 4 is 16.9 Å². The van der Waals surface area contributed by atoms with Gasteiger partial charge in [0.2, 0.25) is 0 Å². The van der Waals surface area contributed by atoms with Crippen molar-refractivity contribution in [2.24, 2.45) is 0 Å². The van der Waals surface area contributed by atoms with Gasteiger partial charge in [-0.25, -0.2) is 0 Å². The Morgan fingerprint density at radius 2 is 1.96 bits per heavy atom. The number of para-hydroxylation sites is 1. The van der Waals surface area contributed by atoms with Crippen LogP contribution in [0, 0.1) is 0 Å². The van der Waals surface area contributed by atoms with Gasteiger partial charge in [-0.15, -0.1) is 0 Å². The maximum atomic E-state index is 11.9. The fourth-order valence-corrected chi connectivity index (χ4v) is 3.39. The molecule has 4 nitrogen and oxygen atoms in total. The standard InChI is InChI=1S/C19H26N2O2/c1-19(2,3)23-18(22)13-21-10-8-14(9-11-21)16-12-20-17-7-5-4-6-15(16)17/h4-7,12,14,20H,8-11,13H2,1-3H3. The number of aromatic nitrogens is 1. The van der Waals surface area contributed by atoms with Crippen molar-refractivity contribution < 1.29 is 9.53 Å². The average molecular weight is 314 g/mol. The van der Waals surface area contributed by atoms with Gasteiger partial charge in [0.15, 0.2) is 0 Å². The van der Waals surface area contributed by atoms with Crippen LogP contribution in [0.2, 0.25) is 0 Å². The fourth-order valence-electron chi connectivity index (χ4n) is 3.39. The van der Waals surface area contributed by atoms with Gasteiger partial charge in [0.05, 0.1) is 6.54 Å². The molecule has 0 amide bonds. The molecule has 0 spiro atoms. The number of esters is 1. The Balaban J connectivity index is 1.57. The Labute approximate surface area is 137 Å². The van der Waals surface area contributed by atoms with E-state index in [4.69, 9.17) is 4.74 Å². The Hall–Kier alpha value is -1.81. The zero-order chi connectivity index (χ0) is 16.4.